The first-order chi connectivity index (χ1) is 12.7. The molecule has 0 radical (unpaired) electrons. The Labute approximate surface area is 154 Å². The number of rotatable bonds is 3. The van der Waals surface area contributed by atoms with Crippen LogP contribution in [0.25, 0.3) is 0 Å². The molecule has 1 fully saturated rings. The Kier molecular flexibility index (Phi) is 5.14. The zero-order valence-electron chi connectivity index (χ0n) is 14.5. The molecule has 27 heavy (non-hydrogen) atoms. The number of carbonyl (C=O) groups is 1. The van der Waals surface area contributed by atoms with Crippen LogP contribution < -0.4 is 4.90 Å². The highest BCUT2D eigenvalue weighted by atomic mass is 32.2. The zero-order chi connectivity index (χ0) is 19.8. The molecule has 1 amide bonds. The van der Waals surface area contributed by atoms with Crippen molar-refractivity contribution >= 4 is 21.4 Å². The van der Waals surface area contributed by atoms with Crippen molar-refractivity contribution in [1.82, 2.24) is 4.90 Å². The zero-order valence-corrected chi connectivity index (χ0v) is 15.3. The molecule has 2 aromatic rings. The summed E-state index contributed by atoms with van der Waals surface area (Å²) in [5.74, 6) is -3.29. The average molecular weight is 398 g/mol. The predicted octanol–water partition coefficient (Wildman–Crippen LogP) is 2.47. The second-order valence-corrected chi connectivity index (χ2v) is 8.28. The molecule has 144 valence electrons. The number of hydrogen-bond donors (Lipinski definition) is 0. The third-order valence-electron chi connectivity index (χ3n) is 4.43. The highest BCUT2D eigenvalue weighted by molar-refractivity contribution is 7.90. The van der Waals surface area contributed by atoms with Crippen molar-refractivity contribution in [2.75, 3.05) is 37.3 Å². The molecule has 3 rings (SSSR count). The summed E-state index contributed by atoms with van der Waals surface area (Å²) >= 11 is 0. The van der Waals surface area contributed by atoms with Gasteiger partial charge in [-0.2, -0.15) is 0 Å². The third-order valence-corrected chi connectivity index (χ3v) is 5.54. The third kappa shape index (κ3) is 3.92. The Hall–Kier alpha value is -2.55. The van der Waals surface area contributed by atoms with Crippen molar-refractivity contribution in [3.05, 3.63) is 59.4 Å². The van der Waals surface area contributed by atoms with Gasteiger partial charge in [-0.3, -0.25) is 4.79 Å². The number of benzene rings is 2. The van der Waals surface area contributed by atoms with E-state index in [1.807, 2.05) is 0 Å². The van der Waals surface area contributed by atoms with Crippen LogP contribution in [0.3, 0.4) is 0 Å². The number of halogens is 3. The number of sulfone groups is 1. The van der Waals surface area contributed by atoms with Gasteiger partial charge in [0.1, 0.15) is 23.0 Å². The minimum atomic E-state index is -3.51. The Morgan fingerprint density at radius 1 is 0.926 bits per heavy atom. The van der Waals surface area contributed by atoms with Crippen LogP contribution in [0.2, 0.25) is 0 Å². The van der Waals surface area contributed by atoms with Crippen LogP contribution in [0.1, 0.15) is 10.4 Å². The number of carbonyl (C=O) groups excluding carboxylic acids is 1. The van der Waals surface area contributed by atoms with E-state index in [1.165, 1.54) is 23.1 Å². The van der Waals surface area contributed by atoms with Crippen LogP contribution in [0.15, 0.2) is 41.3 Å². The Balaban J connectivity index is 1.73. The van der Waals surface area contributed by atoms with Crippen molar-refractivity contribution in [1.29, 1.82) is 0 Å². The van der Waals surface area contributed by atoms with Gasteiger partial charge >= 0.3 is 0 Å². The summed E-state index contributed by atoms with van der Waals surface area (Å²) in [4.78, 5) is 15.2. The summed E-state index contributed by atoms with van der Waals surface area (Å²) in [5, 5.41) is 0. The largest absolute Gasteiger partial charge is 0.366 e. The summed E-state index contributed by atoms with van der Waals surface area (Å²) in [6.07, 6.45) is 0.994. The number of nitrogens with zero attached hydrogens (tertiary/aromatic N) is 2. The number of hydrogen-bond acceptors (Lipinski definition) is 4. The van der Waals surface area contributed by atoms with Gasteiger partial charge < -0.3 is 9.80 Å². The first-order valence-corrected chi connectivity index (χ1v) is 10.1. The van der Waals surface area contributed by atoms with E-state index in [4.69, 9.17) is 0 Å². The van der Waals surface area contributed by atoms with Crippen molar-refractivity contribution in [2.45, 2.75) is 4.90 Å². The summed E-state index contributed by atoms with van der Waals surface area (Å²) in [6, 6.07) is 6.87. The molecule has 2 aromatic carbocycles. The van der Waals surface area contributed by atoms with Gasteiger partial charge in [-0.15, -0.1) is 0 Å². The molecule has 1 aliphatic heterocycles. The fourth-order valence-corrected chi connectivity index (χ4v) is 3.62. The highest BCUT2D eigenvalue weighted by Crippen LogP contribution is 2.24. The molecule has 0 spiro atoms. The predicted molar refractivity (Wildman–Crippen MR) is 94.0 cm³/mol. The van der Waals surface area contributed by atoms with E-state index >= 15 is 0 Å². The molecule has 0 aromatic heterocycles. The van der Waals surface area contributed by atoms with Gasteiger partial charge in [-0.25, -0.2) is 21.6 Å². The minimum absolute atomic E-state index is 0.118. The van der Waals surface area contributed by atoms with E-state index in [1.54, 1.807) is 4.90 Å². The molecular weight excluding hydrogens is 381 g/mol. The van der Waals surface area contributed by atoms with Crippen molar-refractivity contribution in [2.24, 2.45) is 0 Å². The summed E-state index contributed by atoms with van der Waals surface area (Å²) < 4.78 is 64.9. The SMILES string of the molecule is CS(=O)(=O)c1ccc(N2CCN(C(=O)c3c(F)cccc3F)CC2)c(F)c1. The number of piperazine rings is 1. The minimum Gasteiger partial charge on any atom is -0.366 e. The van der Waals surface area contributed by atoms with Crippen LogP contribution in [-0.2, 0) is 9.84 Å². The fraction of sp³-hybridized carbons (Fsp3) is 0.278. The summed E-state index contributed by atoms with van der Waals surface area (Å²) in [7, 11) is -3.51. The standard InChI is InChI=1S/C18H17F3N2O3S/c1-27(25,26)12-5-6-16(15(21)11-12)22-7-9-23(10-8-22)18(24)17-13(19)3-2-4-14(17)20/h2-6,11H,7-10H2,1H3. The van der Waals surface area contributed by atoms with Gasteiger partial charge in [0, 0.05) is 32.4 Å². The molecule has 1 aliphatic rings. The maximum Gasteiger partial charge on any atom is 0.259 e. The molecular formula is C18H17F3N2O3S. The van der Waals surface area contributed by atoms with E-state index in [9.17, 15) is 26.4 Å². The lowest BCUT2D eigenvalue weighted by atomic mass is 10.1. The summed E-state index contributed by atoms with van der Waals surface area (Å²) in [5.41, 5.74) is -0.388. The van der Waals surface area contributed by atoms with Crippen LogP contribution in [0.4, 0.5) is 18.9 Å². The molecule has 1 heterocycles. The molecule has 0 atom stereocenters. The van der Waals surface area contributed by atoms with E-state index in [-0.39, 0.29) is 36.8 Å². The van der Waals surface area contributed by atoms with Crippen LogP contribution in [-0.4, -0.2) is 51.7 Å². The van der Waals surface area contributed by atoms with Crippen molar-refractivity contribution < 1.29 is 26.4 Å². The molecule has 5 nitrogen and oxygen atoms in total. The Bertz CT molecular complexity index is 967. The molecule has 0 aliphatic carbocycles. The smallest absolute Gasteiger partial charge is 0.259 e. The van der Waals surface area contributed by atoms with Gasteiger partial charge in [-0.05, 0) is 30.3 Å². The van der Waals surface area contributed by atoms with E-state index in [0.717, 1.165) is 24.5 Å². The van der Waals surface area contributed by atoms with E-state index in [0.29, 0.717) is 0 Å². The lowest BCUT2D eigenvalue weighted by molar-refractivity contribution is 0.0736. The maximum atomic E-state index is 14.3. The number of amides is 1. The highest BCUT2D eigenvalue weighted by Gasteiger charge is 2.27. The topological polar surface area (TPSA) is 57.7 Å². The van der Waals surface area contributed by atoms with Gasteiger partial charge in [0.05, 0.1) is 10.6 Å². The molecule has 1 saturated heterocycles. The normalized spacial score (nSPS) is 15.1. The first kappa shape index (κ1) is 19.2. The summed E-state index contributed by atoms with van der Waals surface area (Å²) in [6.45, 7) is 0.799. The molecule has 0 bridgehead atoms. The molecule has 0 unspecified atom stereocenters. The first-order valence-electron chi connectivity index (χ1n) is 8.16. The fourth-order valence-electron chi connectivity index (χ4n) is 2.99. The molecule has 0 saturated carbocycles. The second kappa shape index (κ2) is 7.22. The molecule has 0 N–H and O–H groups in total. The van der Waals surface area contributed by atoms with E-state index in [2.05, 4.69) is 0 Å². The maximum absolute atomic E-state index is 14.3. The lowest BCUT2D eigenvalue weighted by Gasteiger charge is -2.36. The van der Waals surface area contributed by atoms with Crippen LogP contribution in [0.5, 0.6) is 0 Å². The second-order valence-electron chi connectivity index (χ2n) is 6.26. The van der Waals surface area contributed by atoms with E-state index < -0.39 is 38.8 Å². The Morgan fingerprint density at radius 2 is 1.52 bits per heavy atom. The van der Waals surface area contributed by atoms with Crippen molar-refractivity contribution in [3.8, 4) is 0 Å². The Morgan fingerprint density at radius 3 is 2.04 bits per heavy atom. The monoisotopic (exact) mass is 398 g/mol. The van der Waals surface area contributed by atoms with Gasteiger partial charge in [0.15, 0.2) is 9.84 Å². The van der Waals surface area contributed by atoms with Crippen molar-refractivity contribution in [3.63, 3.8) is 0 Å². The average Bonchev–Trinajstić information content (AvgIpc) is 2.61. The van der Waals surface area contributed by atoms with Gasteiger partial charge in [0.2, 0.25) is 0 Å². The quantitative estimate of drug-likeness (QED) is 0.797. The molecule has 9 heteroatoms. The lowest BCUT2D eigenvalue weighted by Crippen LogP contribution is -2.49. The van der Waals surface area contributed by atoms with Crippen LogP contribution >= 0.6 is 0 Å². The van der Waals surface area contributed by atoms with Gasteiger partial charge in [-0.1, -0.05) is 6.07 Å². The number of anilines is 1. The van der Waals surface area contributed by atoms with Crippen LogP contribution in [0, 0.1) is 17.5 Å². The van der Waals surface area contributed by atoms with Gasteiger partial charge in [0.25, 0.3) is 5.91 Å².